The molecule has 0 saturated carbocycles. The van der Waals surface area contributed by atoms with Crippen LogP contribution in [0.15, 0.2) is 30.6 Å². The third-order valence-electron chi connectivity index (χ3n) is 5.18. The van der Waals surface area contributed by atoms with Crippen molar-refractivity contribution in [3.63, 3.8) is 0 Å². The molecule has 0 bridgehead atoms. The number of H-pyrrole nitrogens is 1. The smallest absolute Gasteiger partial charge is 0.227 e. The average Bonchev–Trinajstić information content (AvgIpc) is 3.36. The van der Waals surface area contributed by atoms with Gasteiger partial charge in [0.1, 0.15) is 5.69 Å². The minimum absolute atomic E-state index is 0.0978. The fraction of sp³-hybridized carbons (Fsp3) is 0.421. The summed E-state index contributed by atoms with van der Waals surface area (Å²) in [5.41, 5.74) is 3.93. The number of aliphatic hydroxyl groups excluding tert-OH is 1. The summed E-state index contributed by atoms with van der Waals surface area (Å²) in [4.78, 5) is 18.0. The summed E-state index contributed by atoms with van der Waals surface area (Å²) in [5, 5.41) is 18.1. The second kappa shape index (κ2) is 6.92. The second-order valence-corrected chi connectivity index (χ2v) is 7.07. The number of benzene rings is 1. The van der Waals surface area contributed by atoms with E-state index in [0.717, 1.165) is 42.5 Å². The molecule has 26 heavy (non-hydrogen) atoms. The molecule has 1 amide bonds. The molecular formula is C19H23N5O2. The molecule has 0 aliphatic carbocycles. The molecule has 2 N–H and O–H groups in total. The highest BCUT2D eigenvalue weighted by Crippen LogP contribution is 2.24. The minimum atomic E-state index is -0.0978. The van der Waals surface area contributed by atoms with Crippen LogP contribution in [0.5, 0.6) is 0 Å². The molecule has 1 atom stereocenters. The van der Waals surface area contributed by atoms with Crippen molar-refractivity contribution < 1.29 is 9.90 Å². The summed E-state index contributed by atoms with van der Waals surface area (Å²) in [5.74, 6) is 0.543. The number of hydrogen-bond donors (Lipinski definition) is 2. The number of fused-ring (bicyclic) bond motifs is 1. The molecule has 7 heteroatoms. The number of aryl methyl sites for hydroxylation is 1. The van der Waals surface area contributed by atoms with E-state index in [1.165, 1.54) is 5.56 Å². The van der Waals surface area contributed by atoms with Crippen LogP contribution in [0.3, 0.4) is 0 Å². The summed E-state index contributed by atoms with van der Waals surface area (Å²) < 4.78 is 1.76. The minimum Gasteiger partial charge on any atom is -0.390 e. The summed E-state index contributed by atoms with van der Waals surface area (Å²) in [6.45, 7) is 4.23. The molecule has 2 aromatic heterocycles. The largest absolute Gasteiger partial charge is 0.390 e. The normalized spacial score (nSPS) is 17.3. The molecule has 1 fully saturated rings. The monoisotopic (exact) mass is 353 g/mol. The van der Waals surface area contributed by atoms with Crippen molar-refractivity contribution >= 4 is 16.8 Å². The number of carbonyl (C=O) groups excluding carboxylic acids is 1. The number of aliphatic hydroxyl groups is 1. The Morgan fingerprint density at radius 1 is 1.42 bits per heavy atom. The Morgan fingerprint density at radius 3 is 3.12 bits per heavy atom. The zero-order valence-electron chi connectivity index (χ0n) is 14.9. The summed E-state index contributed by atoms with van der Waals surface area (Å²) in [6.07, 6.45) is 5.11. The van der Waals surface area contributed by atoms with Crippen molar-refractivity contribution in [3.8, 4) is 0 Å². The SMILES string of the molecule is Cc1cccc2c(CC(=O)N3CCC(Cn4cc(CO)nn4)C3)c[nH]c12. The number of nitrogens with one attached hydrogen (secondary N) is 1. The lowest BCUT2D eigenvalue weighted by molar-refractivity contribution is -0.129. The van der Waals surface area contributed by atoms with Gasteiger partial charge in [-0.25, -0.2) is 0 Å². The first-order chi connectivity index (χ1) is 12.6. The fourth-order valence-electron chi connectivity index (χ4n) is 3.76. The van der Waals surface area contributed by atoms with Gasteiger partial charge in [0.05, 0.1) is 19.2 Å². The van der Waals surface area contributed by atoms with E-state index in [2.05, 4.69) is 34.4 Å². The highest BCUT2D eigenvalue weighted by Gasteiger charge is 2.27. The number of para-hydroxylation sites is 1. The van der Waals surface area contributed by atoms with Crippen LogP contribution in [-0.4, -0.2) is 49.0 Å². The first-order valence-corrected chi connectivity index (χ1v) is 8.97. The number of aromatic nitrogens is 4. The molecule has 1 aliphatic rings. The number of rotatable bonds is 5. The van der Waals surface area contributed by atoms with Crippen LogP contribution in [0.4, 0.5) is 0 Å². The van der Waals surface area contributed by atoms with Crippen LogP contribution in [0.1, 0.15) is 23.2 Å². The highest BCUT2D eigenvalue weighted by molar-refractivity contribution is 5.90. The molecule has 3 heterocycles. The first kappa shape index (κ1) is 16.8. The van der Waals surface area contributed by atoms with Crippen molar-refractivity contribution in [2.75, 3.05) is 13.1 Å². The summed E-state index contributed by atoms with van der Waals surface area (Å²) >= 11 is 0. The molecule has 1 aliphatic heterocycles. The Balaban J connectivity index is 1.38. The number of nitrogens with zero attached hydrogens (tertiary/aromatic N) is 4. The van der Waals surface area contributed by atoms with E-state index in [1.54, 1.807) is 10.9 Å². The first-order valence-electron chi connectivity index (χ1n) is 8.97. The Hall–Kier alpha value is -2.67. The maximum atomic E-state index is 12.7. The molecule has 1 saturated heterocycles. The Bertz CT molecular complexity index is 929. The predicted octanol–water partition coefficient (Wildman–Crippen LogP) is 1.65. The number of hydrogen-bond acceptors (Lipinski definition) is 4. The lowest BCUT2D eigenvalue weighted by atomic mass is 10.1. The molecule has 0 radical (unpaired) electrons. The van der Waals surface area contributed by atoms with Gasteiger partial charge in [-0.3, -0.25) is 9.48 Å². The van der Waals surface area contributed by atoms with Gasteiger partial charge in [0, 0.05) is 36.7 Å². The van der Waals surface area contributed by atoms with Gasteiger partial charge in [-0.1, -0.05) is 23.4 Å². The van der Waals surface area contributed by atoms with Crippen molar-refractivity contribution in [1.82, 2.24) is 24.9 Å². The van der Waals surface area contributed by atoms with Crippen molar-refractivity contribution in [1.29, 1.82) is 0 Å². The van der Waals surface area contributed by atoms with E-state index in [1.807, 2.05) is 17.2 Å². The lowest BCUT2D eigenvalue weighted by Crippen LogP contribution is -2.30. The molecule has 4 rings (SSSR count). The molecular weight excluding hydrogens is 330 g/mol. The topological polar surface area (TPSA) is 87.0 Å². The van der Waals surface area contributed by atoms with Gasteiger partial charge in [-0.15, -0.1) is 5.10 Å². The Kier molecular flexibility index (Phi) is 4.46. The van der Waals surface area contributed by atoms with Crippen molar-refractivity contribution in [2.45, 2.75) is 32.9 Å². The van der Waals surface area contributed by atoms with Crippen molar-refractivity contribution in [3.05, 3.63) is 47.4 Å². The highest BCUT2D eigenvalue weighted by atomic mass is 16.3. The maximum Gasteiger partial charge on any atom is 0.227 e. The van der Waals surface area contributed by atoms with E-state index >= 15 is 0 Å². The third-order valence-corrected chi connectivity index (χ3v) is 5.18. The molecule has 0 spiro atoms. The molecule has 7 nitrogen and oxygen atoms in total. The average molecular weight is 353 g/mol. The quantitative estimate of drug-likeness (QED) is 0.730. The van der Waals surface area contributed by atoms with Gasteiger partial charge in [0.25, 0.3) is 0 Å². The van der Waals surface area contributed by atoms with Gasteiger partial charge in [-0.2, -0.15) is 0 Å². The van der Waals surface area contributed by atoms with Gasteiger partial charge < -0.3 is 15.0 Å². The zero-order valence-corrected chi connectivity index (χ0v) is 14.9. The van der Waals surface area contributed by atoms with E-state index in [4.69, 9.17) is 5.11 Å². The zero-order chi connectivity index (χ0) is 18.1. The number of amides is 1. The van der Waals surface area contributed by atoms with Crippen LogP contribution >= 0.6 is 0 Å². The van der Waals surface area contributed by atoms with Crippen LogP contribution < -0.4 is 0 Å². The van der Waals surface area contributed by atoms with E-state index in [0.29, 0.717) is 18.0 Å². The predicted molar refractivity (Wildman–Crippen MR) is 97.4 cm³/mol. The van der Waals surface area contributed by atoms with Gasteiger partial charge in [-0.05, 0) is 30.4 Å². The molecule has 3 aromatic rings. The van der Waals surface area contributed by atoms with Gasteiger partial charge in [0.2, 0.25) is 5.91 Å². The lowest BCUT2D eigenvalue weighted by Gasteiger charge is -2.16. The molecule has 1 unspecified atom stereocenters. The number of carbonyl (C=O) groups is 1. The second-order valence-electron chi connectivity index (χ2n) is 7.07. The molecule has 1 aromatic carbocycles. The van der Waals surface area contributed by atoms with Crippen LogP contribution in [0.2, 0.25) is 0 Å². The molecule has 136 valence electrons. The Labute approximate surface area is 151 Å². The summed E-state index contributed by atoms with van der Waals surface area (Å²) in [6, 6.07) is 6.17. The fourth-order valence-corrected chi connectivity index (χ4v) is 3.76. The third kappa shape index (κ3) is 3.22. The van der Waals surface area contributed by atoms with Crippen LogP contribution in [-0.2, 0) is 24.4 Å². The van der Waals surface area contributed by atoms with E-state index < -0.39 is 0 Å². The van der Waals surface area contributed by atoms with E-state index in [-0.39, 0.29) is 12.5 Å². The van der Waals surface area contributed by atoms with Gasteiger partial charge >= 0.3 is 0 Å². The van der Waals surface area contributed by atoms with Crippen LogP contribution in [0, 0.1) is 12.8 Å². The maximum absolute atomic E-state index is 12.7. The van der Waals surface area contributed by atoms with E-state index in [9.17, 15) is 4.79 Å². The Morgan fingerprint density at radius 2 is 2.31 bits per heavy atom. The summed E-state index contributed by atoms with van der Waals surface area (Å²) in [7, 11) is 0. The van der Waals surface area contributed by atoms with Gasteiger partial charge in [0.15, 0.2) is 0 Å². The number of likely N-dealkylation sites (tertiary alicyclic amines) is 1. The van der Waals surface area contributed by atoms with Crippen LogP contribution in [0.25, 0.3) is 10.9 Å². The number of aromatic amines is 1. The van der Waals surface area contributed by atoms with Crippen molar-refractivity contribution in [2.24, 2.45) is 5.92 Å². The standard InChI is InChI=1S/C19H23N5O2/c1-13-3-2-4-17-15(8-20-19(13)17)7-18(26)23-6-5-14(9-23)10-24-11-16(12-25)21-22-24/h2-4,8,11,14,20,25H,5-7,9-10,12H2,1H3.